The van der Waals surface area contributed by atoms with E-state index >= 15 is 0 Å². The first-order chi connectivity index (χ1) is 6.72. The zero-order valence-electron chi connectivity index (χ0n) is 8.54. The zero-order chi connectivity index (χ0) is 10.4. The molecular weight excluding hydrogens is 198 g/mol. The van der Waals surface area contributed by atoms with E-state index in [0.717, 1.165) is 24.3 Å². The van der Waals surface area contributed by atoms with Crippen LogP contribution in [0.1, 0.15) is 37.6 Å². The molecule has 0 radical (unpaired) electrons. The molecule has 0 unspecified atom stereocenters. The van der Waals surface area contributed by atoms with E-state index in [0.29, 0.717) is 11.6 Å². The molecule has 0 saturated carbocycles. The van der Waals surface area contributed by atoms with Gasteiger partial charge >= 0.3 is 0 Å². The third kappa shape index (κ3) is 3.83. The smallest absolute Gasteiger partial charge is 0.226 e. The van der Waals surface area contributed by atoms with Crippen LogP contribution in [0.5, 0.6) is 0 Å². The Hall–Kier alpha value is -0.970. The number of nitrogens with one attached hydrogen (secondary N) is 1. The van der Waals surface area contributed by atoms with Crippen LogP contribution in [-0.4, -0.2) is 16.1 Å². The molecule has 1 rings (SSSR count). The van der Waals surface area contributed by atoms with Gasteiger partial charge in [0.15, 0.2) is 0 Å². The highest BCUT2D eigenvalue weighted by molar-refractivity contribution is 7.15. The normalized spacial score (nSPS) is 10.1. The highest BCUT2D eigenvalue weighted by Gasteiger charge is 2.05. The maximum absolute atomic E-state index is 11.3. The number of carbonyl (C=O) groups is 1. The second-order valence-electron chi connectivity index (χ2n) is 3.13. The Balaban J connectivity index is 2.27. The third-order valence-electron chi connectivity index (χ3n) is 1.78. The van der Waals surface area contributed by atoms with Crippen molar-refractivity contribution in [2.75, 3.05) is 5.32 Å². The van der Waals surface area contributed by atoms with Crippen molar-refractivity contribution in [3.05, 3.63) is 5.01 Å². The Bertz CT molecular complexity index is 298. The van der Waals surface area contributed by atoms with Gasteiger partial charge in [-0.25, -0.2) is 0 Å². The van der Waals surface area contributed by atoms with Crippen LogP contribution in [0.2, 0.25) is 0 Å². The van der Waals surface area contributed by atoms with Crippen molar-refractivity contribution in [1.29, 1.82) is 0 Å². The van der Waals surface area contributed by atoms with E-state index in [2.05, 4.69) is 22.4 Å². The molecule has 1 N–H and O–H groups in total. The van der Waals surface area contributed by atoms with Gasteiger partial charge in [-0.15, -0.1) is 10.2 Å². The monoisotopic (exact) mass is 213 g/mol. The predicted molar refractivity (Wildman–Crippen MR) is 57.4 cm³/mol. The van der Waals surface area contributed by atoms with Crippen LogP contribution in [0.3, 0.4) is 0 Å². The molecule has 1 heterocycles. The van der Waals surface area contributed by atoms with Crippen LogP contribution in [0.4, 0.5) is 5.13 Å². The third-order valence-corrected chi connectivity index (χ3v) is 2.53. The number of nitrogens with zero attached hydrogens (tertiary/aromatic N) is 2. The first-order valence-electron chi connectivity index (χ1n) is 4.82. The number of anilines is 1. The first kappa shape index (κ1) is 11.1. The number of rotatable bonds is 5. The minimum absolute atomic E-state index is 0.0367. The van der Waals surface area contributed by atoms with Crippen molar-refractivity contribution < 1.29 is 4.79 Å². The second-order valence-corrected chi connectivity index (χ2v) is 4.31. The molecule has 0 spiro atoms. The van der Waals surface area contributed by atoms with Crippen molar-refractivity contribution in [3.8, 4) is 0 Å². The molecule has 1 aromatic rings. The van der Waals surface area contributed by atoms with Crippen LogP contribution in [0.15, 0.2) is 0 Å². The van der Waals surface area contributed by atoms with Crippen molar-refractivity contribution in [2.24, 2.45) is 0 Å². The summed E-state index contributed by atoms with van der Waals surface area (Å²) in [7, 11) is 0. The van der Waals surface area contributed by atoms with Crippen molar-refractivity contribution >= 4 is 22.4 Å². The lowest BCUT2D eigenvalue weighted by molar-refractivity contribution is -0.116. The SMILES string of the molecule is CCCCCC(=O)Nc1nnc(C)s1. The quantitative estimate of drug-likeness (QED) is 0.764. The number of carbonyl (C=O) groups excluding carboxylic acids is 1. The van der Waals surface area contributed by atoms with Crippen LogP contribution in [-0.2, 0) is 4.79 Å². The fourth-order valence-electron chi connectivity index (χ4n) is 1.06. The fourth-order valence-corrected chi connectivity index (χ4v) is 1.67. The molecule has 1 amide bonds. The Morgan fingerprint density at radius 1 is 1.43 bits per heavy atom. The zero-order valence-corrected chi connectivity index (χ0v) is 9.36. The van der Waals surface area contributed by atoms with Crippen molar-refractivity contribution in [1.82, 2.24) is 10.2 Å². The standard InChI is InChI=1S/C9H15N3OS/c1-3-4-5-6-8(13)10-9-12-11-7(2)14-9/h3-6H2,1-2H3,(H,10,12,13). The number of hydrogen-bond acceptors (Lipinski definition) is 4. The number of aromatic nitrogens is 2. The molecule has 0 atom stereocenters. The number of aryl methyl sites for hydroxylation is 1. The van der Waals surface area contributed by atoms with Gasteiger partial charge in [0.1, 0.15) is 5.01 Å². The lowest BCUT2D eigenvalue weighted by Crippen LogP contribution is -2.10. The summed E-state index contributed by atoms with van der Waals surface area (Å²) < 4.78 is 0. The van der Waals surface area contributed by atoms with Crippen LogP contribution >= 0.6 is 11.3 Å². The topological polar surface area (TPSA) is 54.9 Å². The van der Waals surface area contributed by atoms with E-state index in [9.17, 15) is 4.79 Å². The Morgan fingerprint density at radius 2 is 2.21 bits per heavy atom. The lowest BCUT2D eigenvalue weighted by atomic mass is 10.2. The minimum atomic E-state index is 0.0367. The van der Waals surface area contributed by atoms with E-state index in [-0.39, 0.29) is 5.91 Å². The van der Waals surface area contributed by atoms with E-state index in [1.54, 1.807) is 0 Å². The van der Waals surface area contributed by atoms with Gasteiger partial charge in [-0.3, -0.25) is 4.79 Å². The maximum Gasteiger partial charge on any atom is 0.226 e. The molecule has 0 fully saturated rings. The Morgan fingerprint density at radius 3 is 2.79 bits per heavy atom. The summed E-state index contributed by atoms with van der Waals surface area (Å²) in [5.41, 5.74) is 0. The van der Waals surface area contributed by atoms with E-state index in [4.69, 9.17) is 0 Å². The molecule has 0 aliphatic rings. The summed E-state index contributed by atoms with van der Waals surface area (Å²) in [6, 6.07) is 0. The molecule has 0 aliphatic heterocycles. The molecule has 78 valence electrons. The first-order valence-corrected chi connectivity index (χ1v) is 5.64. The molecular formula is C9H15N3OS. The Kier molecular flexibility index (Phi) is 4.52. The number of hydrogen-bond donors (Lipinski definition) is 1. The molecule has 14 heavy (non-hydrogen) atoms. The lowest BCUT2D eigenvalue weighted by Gasteiger charge is -1.99. The maximum atomic E-state index is 11.3. The molecule has 0 saturated heterocycles. The molecule has 0 aromatic carbocycles. The summed E-state index contributed by atoms with van der Waals surface area (Å²) in [6.07, 6.45) is 3.75. The highest BCUT2D eigenvalue weighted by Crippen LogP contribution is 2.14. The van der Waals surface area contributed by atoms with Crippen molar-refractivity contribution in [3.63, 3.8) is 0 Å². The molecule has 5 heteroatoms. The van der Waals surface area contributed by atoms with Gasteiger partial charge in [-0.2, -0.15) is 0 Å². The molecule has 0 bridgehead atoms. The summed E-state index contributed by atoms with van der Waals surface area (Å²) >= 11 is 1.40. The molecule has 1 aromatic heterocycles. The average molecular weight is 213 g/mol. The van der Waals surface area contributed by atoms with Gasteiger partial charge in [0.25, 0.3) is 0 Å². The van der Waals surface area contributed by atoms with Gasteiger partial charge in [-0.05, 0) is 13.3 Å². The largest absolute Gasteiger partial charge is 0.301 e. The predicted octanol–water partition coefficient (Wildman–Crippen LogP) is 2.37. The van der Waals surface area contributed by atoms with Gasteiger partial charge in [-0.1, -0.05) is 31.1 Å². The minimum Gasteiger partial charge on any atom is -0.301 e. The van der Waals surface area contributed by atoms with Gasteiger partial charge in [0, 0.05) is 6.42 Å². The summed E-state index contributed by atoms with van der Waals surface area (Å²) in [4.78, 5) is 11.3. The summed E-state index contributed by atoms with van der Waals surface area (Å²) in [5.74, 6) is 0.0367. The summed E-state index contributed by atoms with van der Waals surface area (Å²) in [6.45, 7) is 3.98. The average Bonchev–Trinajstić information content (AvgIpc) is 2.52. The van der Waals surface area contributed by atoms with E-state index < -0.39 is 0 Å². The second kappa shape index (κ2) is 5.70. The summed E-state index contributed by atoms with van der Waals surface area (Å²) in [5, 5.41) is 11.8. The fraction of sp³-hybridized carbons (Fsp3) is 0.667. The highest BCUT2D eigenvalue weighted by atomic mass is 32.1. The van der Waals surface area contributed by atoms with Gasteiger partial charge in [0.2, 0.25) is 11.0 Å². The van der Waals surface area contributed by atoms with Crippen LogP contribution in [0, 0.1) is 6.92 Å². The van der Waals surface area contributed by atoms with Gasteiger partial charge in [0.05, 0.1) is 0 Å². The van der Waals surface area contributed by atoms with Crippen LogP contribution in [0.25, 0.3) is 0 Å². The van der Waals surface area contributed by atoms with Gasteiger partial charge < -0.3 is 5.32 Å². The van der Waals surface area contributed by atoms with E-state index in [1.165, 1.54) is 11.3 Å². The number of unbranched alkanes of at least 4 members (excludes halogenated alkanes) is 2. The Labute approximate surface area is 87.7 Å². The van der Waals surface area contributed by atoms with E-state index in [1.807, 2.05) is 6.92 Å². The molecule has 0 aliphatic carbocycles. The van der Waals surface area contributed by atoms with Crippen molar-refractivity contribution in [2.45, 2.75) is 39.5 Å². The van der Waals surface area contributed by atoms with Crippen LogP contribution < -0.4 is 5.32 Å². The number of amides is 1. The molecule has 4 nitrogen and oxygen atoms in total.